The molecule has 2 rings (SSSR count). The normalized spacial score (nSPS) is 10.2. The van der Waals surface area contributed by atoms with Crippen molar-refractivity contribution in [3.05, 3.63) is 66.0 Å². The minimum absolute atomic E-state index is 0.0172. The maximum Gasteiger partial charge on any atom is 0.234 e. The summed E-state index contributed by atoms with van der Waals surface area (Å²) in [6.07, 6.45) is 4.46. The van der Waals surface area contributed by atoms with E-state index in [0.717, 1.165) is 18.5 Å². The van der Waals surface area contributed by atoms with Crippen molar-refractivity contribution in [3.8, 4) is 0 Å². The molecule has 2 aromatic rings. The summed E-state index contributed by atoms with van der Waals surface area (Å²) in [6, 6.07) is 13.9. The molecule has 1 aromatic heterocycles. The van der Waals surface area contributed by atoms with Crippen LogP contribution in [-0.4, -0.2) is 24.0 Å². The van der Waals surface area contributed by atoms with E-state index < -0.39 is 0 Å². The van der Waals surface area contributed by atoms with Crippen LogP contribution in [0.3, 0.4) is 0 Å². The maximum absolute atomic E-state index is 11.6. The molecule has 104 valence electrons. The lowest BCUT2D eigenvalue weighted by Crippen LogP contribution is -2.34. The van der Waals surface area contributed by atoms with Gasteiger partial charge in [-0.1, -0.05) is 30.3 Å². The summed E-state index contributed by atoms with van der Waals surface area (Å²) < 4.78 is 0. The molecule has 0 aliphatic heterocycles. The van der Waals surface area contributed by atoms with Crippen molar-refractivity contribution in [2.75, 3.05) is 13.1 Å². The van der Waals surface area contributed by atoms with E-state index in [1.165, 1.54) is 5.56 Å². The van der Waals surface area contributed by atoms with E-state index in [4.69, 9.17) is 0 Å². The first-order valence-corrected chi connectivity index (χ1v) is 6.75. The van der Waals surface area contributed by atoms with Crippen LogP contribution in [0, 0.1) is 0 Å². The Labute approximate surface area is 119 Å². The predicted octanol–water partition coefficient (Wildman–Crippen LogP) is 1.53. The molecular formula is C16H19N3O. The molecule has 1 aromatic carbocycles. The Balaban J connectivity index is 1.59. The molecule has 0 aliphatic rings. The first kappa shape index (κ1) is 14.2. The van der Waals surface area contributed by atoms with E-state index in [-0.39, 0.29) is 5.91 Å². The molecule has 1 heterocycles. The fraction of sp³-hybridized carbons (Fsp3) is 0.250. The van der Waals surface area contributed by atoms with Gasteiger partial charge in [-0.2, -0.15) is 0 Å². The summed E-state index contributed by atoms with van der Waals surface area (Å²) in [5.41, 5.74) is 2.33. The van der Waals surface area contributed by atoms with Gasteiger partial charge in [-0.3, -0.25) is 9.78 Å². The van der Waals surface area contributed by atoms with Gasteiger partial charge in [0.05, 0.1) is 6.54 Å². The first-order chi connectivity index (χ1) is 9.84. The van der Waals surface area contributed by atoms with E-state index in [2.05, 4.69) is 15.6 Å². The second kappa shape index (κ2) is 8.07. The number of carbonyl (C=O) groups is 1. The third kappa shape index (κ3) is 5.20. The Morgan fingerprint density at radius 3 is 2.50 bits per heavy atom. The van der Waals surface area contributed by atoms with Crippen LogP contribution in [-0.2, 0) is 17.8 Å². The fourth-order valence-corrected chi connectivity index (χ4v) is 1.84. The van der Waals surface area contributed by atoms with Crippen molar-refractivity contribution in [2.45, 2.75) is 13.0 Å². The molecule has 20 heavy (non-hydrogen) atoms. The number of aromatic nitrogens is 1. The zero-order valence-electron chi connectivity index (χ0n) is 11.4. The van der Waals surface area contributed by atoms with E-state index >= 15 is 0 Å². The van der Waals surface area contributed by atoms with Crippen LogP contribution >= 0.6 is 0 Å². The van der Waals surface area contributed by atoms with Crippen molar-refractivity contribution in [2.24, 2.45) is 0 Å². The fourth-order valence-electron chi connectivity index (χ4n) is 1.84. The molecule has 0 radical (unpaired) electrons. The molecule has 0 unspecified atom stereocenters. The van der Waals surface area contributed by atoms with Gasteiger partial charge in [0.15, 0.2) is 0 Å². The van der Waals surface area contributed by atoms with E-state index in [0.29, 0.717) is 13.1 Å². The molecule has 4 nitrogen and oxygen atoms in total. The molecule has 0 atom stereocenters. The van der Waals surface area contributed by atoms with Gasteiger partial charge in [0, 0.05) is 18.9 Å². The molecule has 0 bridgehead atoms. The van der Waals surface area contributed by atoms with Gasteiger partial charge in [-0.15, -0.1) is 0 Å². The highest BCUT2D eigenvalue weighted by atomic mass is 16.1. The summed E-state index contributed by atoms with van der Waals surface area (Å²) in [4.78, 5) is 15.6. The number of amides is 1. The molecule has 0 saturated heterocycles. The molecule has 4 heteroatoms. The number of nitrogens with zero attached hydrogens (tertiary/aromatic N) is 1. The standard InChI is InChI=1S/C16H19N3O/c20-16(19-12-15-4-2-1-3-5-15)13-18-11-8-14-6-9-17-10-7-14/h1-7,9-10,18H,8,11-13H2,(H,19,20). The number of rotatable bonds is 7. The topological polar surface area (TPSA) is 54.0 Å². The second-order valence-electron chi connectivity index (χ2n) is 4.54. The highest BCUT2D eigenvalue weighted by Crippen LogP contribution is 1.97. The summed E-state index contributed by atoms with van der Waals surface area (Å²) in [5.74, 6) is 0.0172. The Hall–Kier alpha value is -2.20. The predicted molar refractivity (Wildman–Crippen MR) is 79.1 cm³/mol. The average molecular weight is 269 g/mol. The Morgan fingerprint density at radius 2 is 1.75 bits per heavy atom. The maximum atomic E-state index is 11.6. The Kier molecular flexibility index (Phi) is 5.73. The van der Waals surface area contributed by atoms with Gasteiger partial charge in [-0.25, -0.2) is 0 Å². The lowest BCUT2D eigenvalue weighted by atomic mass is 10.2. The lowest BCUT2D eigenvalue weighted by molar-refractivity contribution is -0.120. The number of hydrogen-bond acceptors (Lipinski definition) is 3. The van der Waals surface area contributed by atoms with Crippen molar-refractivity contribution >= 4 is 5.91 Å². The summed E-state index contributed by atoms with van der Waals surface area (Å²) >= 11 is 0. The number of pyridine rings is 1. The summed E-state index contributed by atoms with van der Waals surface area (Å²) in [7, 11) is 0. The Morgan fingerprint density at radius 1 is 1.00 bits per heavy atom. The number of hydrogen-bond donors (Lipinski definition) is 2. The van der Waals surface area contributed by atoms with Crippen molar-refractivity contribution in [1.82, 2.24) is 15.6 Å². The summed E-state index contributed by atoms with van der Waals surface area (Å²) in [6.45, 7) is 1.70. The quantitative estimate of drug-likeness (QED) is 0.750. The molecule has 2 N–H and O–H groups in total. The molecule has 0 spiro atoms. The monoisotopic (exact) mass is 269 g/mol. The second-order valence-corrected chi connectivity index (χ2v) is 4.54. The zero-order valence-corrected chi connectivity index (χ0v) is 11.4. The number of carbonyl (C=O) groups excluding carboxylic acids is 1. The van der Waals surface area contributed by atoms with Crippen molar-refractivity contribution < 1.29 is 4.79 Å². The summed E-state index contributed by atoms with van der Waals surface area (Å²) in [5, 5.41) is 6.02. The van der Waals surface area contributed by atoms with Gasteiger partial charge >= 0.3 is 0 Å². The average Bonchev–Trinajstić information content (AvgIpc) is 2.52. The van der Waals surface area contributed by atoms with Gasteiger partial charge in [0.2, 0.25) is 5.91 Å². The largest absolute Gasteiger partial charge is 0.351 e. The van der Waals surface area contributed by atoms with E-state index in [1.54, 1.807) is 12.4 Å². The number of nitrogens with one attached hydrogen (secondary N) is 2. The van der Waals surface area contributed by atoms with E-state index in [9.17, 15) is 4.79 Å². The van der Waals surface area contributed by atoms with Crippen LogP contribution in [0.1, 0.15) is 11.1 Å². The highest BCUT2D eigenvalue weighted by Gasteiger charge is 2.00. The first-order valence-electron chi connectivity index (χ1n) is 6.75. The minimum atomic E-state index is 0.0172. The van der Waals surface area contributed by atoms with Crippen molar-refractivity contribution in [3.63, 3.8) is 0 Å². The third-order valence-corrected chi connectivity index (χ3v) is 2.96. The van der Waals surface area contributed by atoms with Crippen LogP contribution in [0.15, 0.2) is 54.9 Å². The zero-order chi connectivity index (χ0) is 14.0. The van der Waals surface area contributed by atoms with Crippen molar-refractivity contribution in [1.29, 1.82) is 0 Å². The van der Waals surface area contributed by atoms with Crippen LogP contribution in [0.4, 0.5) is 0 Å². The SMILES string of the molecule is O=C(CNCCc1ccncc1)NCc1ccccc1. The minimum Gasteiger partial charge on any atom is -0.351 e. The lowest BCUT2D eigenvalue weighted by Gasteiger charge is -2.07. The molecule has 0 fully saturated rings. The number of benzene rings is 1. The molecule has 1 amide bonds. The third-order valence-electron chi connectivity index (χ3n) is 2.96. The van der Waals surface area contributed by atoms with Gasteiger partial charge < -0.3 is 10.6 Å². The van der Waals surface area contributed by atoms with Crippen LogP contribution in [0.25, 0.3) is 0 Å². The molecule has 0 aliphatic carbocycles. The van der Waals surface area contributed by atoms with Gasteiger partial charge in [0.1, 0.15) is 0 Å². The molecule has 0 saturated carbocycles. The molecular weight excluding hydrogens is 250 g/mol. The van der Waals surface area contributed by atoms with Crippen LogP contribution in [0.2, 0.25) is 0 Å². The smallest absolute Gasteiger partial charge is 0.234 e. The van der Waals surface area contributed by atoms with Crippen LogP contribution in [0.5, 0.6) is 0 Å². The Bertz CT molecular complexity index is 514. The van der Waals surface area contributed by atoms with Crippen LogP contribution < -0.4 is 10.6 Å². The van der Waals surface area contributed by atoms with Gasteiger partial charge in [0.25, 0.3) is 0 Å². The van der Waals surface area contributed by atoms with E-state index in [1.807, 2.05) is 42.5 Å². The highest BCUT2D eigenvalue weighted by molar-refractivity contribution is 5.77. The van der Waals surface area contributed by atoms with Gasteiger partial charge in [-0.05, 0) is 36.2 Å².